The van der Waals surface area contributed by atoms with Crippen LogP contribution in [0.2, 0.25) is 0 Å². The molecule has 2 atom stereocenters. The van der Waals surface area contributed by atoms with Crippen LogP contribution in [0.1, 0.15) is 38.2 Å². The molecule has 1 N–H and O–H groups in total. The Morgan fingerprint density at radius 1 is 1.47 bits per heavy atom. The highest BCUT2D eigenvalue weighted by molar-refractivity contribution is 5.61. The van der Waals surface area contributed by atoms with Crippen molar-refractivity contribution in [3.8, 4) is 0 Å². The van der Waals surface area contributed by atoms with Crippen LogP contribution >= 0.6 is 0 Å². The molecular weight excluding hydrogens is 215 g/mol. The van der Waals surface area contributed by atoms with Gasteiger partial charge in [0.1, 0.15) is 0 Å². The maximum absolute atomic E-state index is 13.0. The second kappa shape index (κ2) is 5.30. The number of nitrogens with zero attached hydrogens (tertiary/aromatic N) is 1. The normalized spacial score (nSPS) is 24.4. The lowest BCUT2D eigenvalue weighted by Crippen LogP contribution is -2.35. The molecule has 2 nitrogen and oxygen atoms in total. The largest absolute Gasteiger partial charge is 0.382 e. The summed E-state index contributed by atoms with van der Waals surface area (Å²) in [5, 5.41) is 3.42. The van der Waals surface area contributed by atoms with Crippen LogP contribution in [0.15, 0.2) is 24.9 Å². The summed E-state index contributed by atoms with van der Waals surface area (Å²) in [6, 6.07) is 3.67. The van der Waals surface area contributed by atoms with Gasteiger partial charge in [-0.25, -0.2) is 4.98 Å². The molecule has 1 aliphatic rings. The van der Waals surface area contributed by atoms with Crippen LogP contribution in [-0.4, -0.2) is 11.0 Å². The number of aromatic nitrogens is 1. The Morgan fingerprint density at radius 2 is 2.24 bits per heavy atom. The molecular formula is C14H19FN2. The molecule has 1 fully saturated rings. The van der Waals surface area contributed by atoms with Crippen molar-refractivity contribution >= 4 is 5.70 Å². The highest BCUT2D eigenvalue weighted by Gasteiger charge is 2.21. The van der Waals surface area contributed by atoms with Crippen LogP contribution in [0.5, 0.6) is 0 Å². The molecule has 1 aromatic heterocycles. The fourth-order valence-electron chi connectivity index (χ4n) is 2.43. The van der Waals surface area contributed by atoms with Gasteiger partial charge in [-0.1, -0.05) is 26.3 Å². The summed E-state index contributed by atoms with van der Waals surface area (Å²) in [6.07, 6.45) is 6.49. The van der Waals surface area contributed by atoms with Crippen molar-refractivity contribution in [2.45, 2.75) is 38.6 Å². The van der Waals surface area contributed by atoms with Gasteiger partial charge in [-0.3, -0.25) is 0 Å². The number of halogens is 1. The van der Waals surface area contributed by atoms with Crippen molar-refractivity contribution in [2.24, 2.45) is 5.92 Å². The van der Waals surface area contributed by atoms with E-state index in [1.165, 1.54) is 37.9 Å². The molecule has 17 heavy (non-hydrogen) atoms. The number of pyridine rings is 1. The van der Waals surface area contributed by atoms with Crippen LogP contribution in [-0.2, 0) is 0 Å². The van der Waals surface area contributed by atoms with Gasteiger partial charge in [-0.05, 0) is 24.8 Å². The lowest BCUT2D eigenvalue weighted by atomic mass is 9.85. The molecule has 0 radical (unpaired) electrons. The zero-order valence-corrected chi connectivity index (χ0v) is 10.2. The molecule has 0 amide bonds. The molecule has 1 aliphatic carbocycles. The standard InChI is InChI=1S/C14H19FN2/c1-10-5-3-4-6-13(10)17-11(2)12-7-8-16-14(15)9-12/h7-10,13,17H,2-6H2,1H3/t10-,13?/m1/s1. The van der Waals surface area contributed by atoms with Crippen molar-refractivity contribution in [1.82, 2.24) is 10.3 Å². The molecule has 0 spiro atoms. The van der Waals surface area contributed by atoms with E-state index in [1.807, 2.05) is 0 Å². The number of rotatable bonds is 3. The van der Waals surface area contributed by atoms with Gasteiger partial charge in [0.05, 0.1) is 0 Å². The molecule has 1 heterocycles. The zero-order chi connectivity index (χ0) is 12.3. The van der Waals surface area contributed by atoms with Gasteiger partial charge >= 0.3 is 0 Å². The zero-order valence-electron chi connectivity index (χ0n) is 10.2. The first kappa shape index (κ1) is 12.1. The summed E-state index contributed by atoms with van der Waals surface area (Å²) >= 11 is 0. The highest BCUT2D eigenvalue weighted by atomic mass is 19.1. The van der Waals surface area contributed by atoms with E-state index in [0.29, 0.717) is 12.0 Å². The molecule has 0 saturated heterocycles. The van der Waals surface area contributed by atoms with Gasteiger partial charge in [0, 0.05) is 29.6 Å². The summed E-state index contributed by atoms with van der Waals surface area (Å²) in [4.78, 5) is 3.55. The second-order valence-electron chi connectivity index (χ2n) is 4.86. The average Bonchev–Trinajstić information content (AvgIpc) is 2.32. The maximum Gasteiger partial charge on any atom is 0.213 e. The quantitative estimate of drug-likeness (QED) is 0.811. The Labute approximate surface area is 102 Å². The predicted octanol–water partition coefficient (Wildman–Crippen LogP) is 3.36. The number of nitrogens with one attached hydrogen (secondary N) is 1. The van der Waals surface area contributed by atoms with Gasteiger partial charge in [-0.2, -0.15) is 4.39 Å². The summed E-state index contributed by atoms with van der Waals surface area (Å²) in [5.41, 5.74) is 1.58. The van der Waals surface area contributed by atoms with Crippen molar-refractivity contribution in [3.63, 3.8) is 0 Å². The smallest absolute Gasteiger partial charge is 0.213 e. The third kappa shape index (κ3) is 3.05. The molecule has 0 bridgehead atoms. The molecule has 1 saturated carbocycles. The van der Waals surface area contributed by atoms with E-state index in [0.717, 1.165) is 11.3 Å². The van der Waals surface area contributed by atoms with Gasteiger partial charge in [0.2, 0.25) is 5.95 Å². The van der Waals surface area contributed by atoms with Crippen LogP contribution in [0, 0.1) is 11.9 Å². The van der Waals surface area contributed by atoms with E-state index >= 15 is 0 Å². The van der Waals surface area contributed by atoms with Crippen LogP contribution < -0.4 is 5.32 Å². The SMILES string of the molecule is C=C(NC1CCCC[C@H]1C)c1ccnc(F)c1. The fourth-order valence-corrected chi connectivity index (χ4v) is 2.43. The summed E-state index contributed by atoms with van der Waals surface area (Å²) in [6.45, 7) is 6.25. The van der Waals surface area contributed by atoms with Gasteiger partial charge in [0.25, 0.3) is 0 Å². The molecule has 1 aromatic rings. The van der Waals surface area contributed by atoms with E-state index in [9.17, 15) is 4.39 Å². The van der Waals surface area contributed by atoms with Crippen molar-refractivity contribution < 1.29 is 4.39 Å². The molecule has 2 rings (SSSR count). The number of hydrogen-bond donors (Lipinski definition) is 1. The molecule has 3 heteroatoms. The highest BCUT2D eigenvalue weighted by Crippen LogP contribution is 2.25. The summed E-state index contributed by atoms with van der Waals surface area (Å²) in [7, 11) is 0. The Hall–Kier alpha value is -1.38. The monoisotopic (exact) mass is 234 g/mol. The van der Waals surface area contributed by atoms with E-state index in [1.54, 1.807) is 6.07 Å². The maximum atomic E-state index is 13.0. The van der Waals surface area contributed by atoms with E-state index in [-0.39, 0.29) is 0 Å². The van der Waals surface area contributed by atoms with E-state index in [2.05, 4.69) is 23.8 Å². The molecule has 0 aliphatic heterocycles. The van der Waals surface area contributed by atoms with Crippen molar-refractivity contribution in [2.75, 3.05) is 0 Å². The minimum atomic E-state index is -0.456. The van der Waals surface area contributed by atoms with Gasteiger partial charge in [0.15, 0.2) is 0 Å². The Morgan fingerprint density at radius 3 is 2.94 bits per heavy atom. The van der Waals surface area contributed by atoms with Crippen LogP contribution in [0.25, 0.3) is 5.70 Å². The van der Waals surface area contributed by atoms with Gasteiger partial charge in [-0.15, -0.1) is 0 Å². The average molecular weight is 234 g/mol. The lowest BCUT2D eigenvalue weighted by Gasteiger charge is -2.31. The molecule has 0 aromatic carbocycles. The Kier molecular flexibility index (Phi) is 3.77. The second-order valence-corrected chi connectivity index (χ2v) is 4.86. The fraction of sp³-hybridized carbons (Fsp3) is 0.500. The minimum absolute atomic E-state index is 0.456. The lowest BCUT2D eigenvalue weighted by molar-refractivity contribution is 0.305. The third-order valence-electron chi connectivity index (χ3n) is 3.55. The first-order valence-electron chi connectivity index (χ1n) is 6.24. The summed E-state index contributed by atoms with van der Waals surface area (Å²) in [5.74, 6) is 0.203. The Bertz CT molecular complexity index is 403. The predicted molar refractivity (Wildman–Crippen MR) is 67.8 cm³/mol. The molecule has 92 valence electrons. The summed E-state index contributed by atoms with van der Waals surface area (Å²) < 4.78 is 13.0. The van der Waals surface area contributed by atoms with E-state index in [4.69, 9.17) is 0 Å². The van der Waals surface area contributed by atoms with Crippen molar-refractivity contribution in [3.05, 3.63) is 36.4 Å². The van der Waals surface area contributed by atoms with Crippen LogP contribution in [0.4, 0.5) is 4.39 Å². The number of hydrogen-bond acceptors (Lipinski definition) is 2. The van der Waals surface area contributed by atoms with Gasteiger partial charge < -0.3 is 5.32 Å². The first-order valence-corrected chi connectivity index (χ1v) is 6.24. The Balaban J connectivity index is 2.01. The molecule has 1 unspecified atom stereocenters. The topological polar surface area (TPSA) is 24.9 Å². The first-order chi connectivity index (χ1) is 8.16. The van der Waals surface area contributed by atoms with Crippen LogP contribution in [0.3, 0.4) is 0 Å². The van der Waals surface area contributed by atoms with E-state index < -0.39 is 5.95 Å². The minimum Gasteiger partial charge on any atom is -0.382 e. The third-order valence-corrected chi connectivity index (χ3v) is 3.55. The van der Waals surface area contributed by atoms with Crippen molar-refractivity contribution in [1.29, 1.82) is 0 Å².